The smallest absolute Gasteiger partial charge is 0.274 e. The Kier molecular flexibility index (Phi) is 6.53. The highest BCUT2D eigenvalue weighted by Gasteiger charge is 2.39. The number of halogens is 2. The van der Waals surface area contributed by atoms with Crippen molar-refractivity contribution < 1.29 is 9.53 Å². The summed E-state index contributed by atoms with van der Waals surface area (Å²) in [6.45, 7) is 2.21. The van der Waals surface area contributed by atoms with E-state index in [1.54, 1.807) is 12.1 Å². The minimum atomic E-state index is -0.131. The van der Waals surface area contributed by atoms with Crippen molar-refractivity contribution in [2.24, 2.45) is 0 Å². The number of methoxy groups -OCH3 is 1. The Morgan fingerprint density at radius 3 is 2.62 bits per heavy atom. The molecule has 2 atom stereocenters. The number of nitrogens with zero attached hydrogens (tertiary/aromatic N) is 5. The fraction of sp³-hybridized carbons (Fsp3) is 0.321. The van der Waals surface area contributed by atoms with Crippen LogP contribution in [0, 0.1) is 0 Å². The molecule has 0 aliphatic carbocycles. The number of hydrogen-bond acceptors (Lipinski definition) is 5. The zero-order valence-corrected chi connectivity index (χ0v) is 22.0. The normalized spacial score (nSPS) is 19.8. The van der Waals surface area contributed by atoms with Gasteiger partial charge in [0.25, 0.3) is 5.91 Å². The van der Waals surface area contributed by atoms with Gasteiger partial charge in [-0.1, -0.05) is 41.4 Å². The molecule has 2 unspecified atom stereocenters. The maximum atomic E-state index is 13.6. The van der Waals surface area contributed by atoms with E-state index in [1.807, 2.05) is 47.4 Å². The maximum absolute atomic E-state index is 13.6. The van der Waals surface area contributed by atoms with Crippen LogP contribution in [0.4, 0.5) is 0 Å². The molecule has 3 aliphatic rings. The molecule has 0 saturated carbocycles. The third-order valence-electron chi connectivity index (χ3n) is 7.53. The Morgan fingerprint density at radius 1 is 1.00 bits per heavy atom. The molecule has 0 spiro atoms. The molecule has 3 fully saturated rings. The van der Waals surface area contributed by atoms with Gasteiger partial charge in [-0.05, 0) is 49.6 Å². The third-order valence-corrected chi connectivity index (χ3v) is 8.09. The number of fused-ring (bicyclic) bond motifs is 5. The van der Waals surface area contributed by atoms with Crippen LogP contribution < -0.4 is 4.74 Å². The zero-order chi connectivity index (χ0) is 25.5. The molecule has 1 amide bonds. The first kappa shape index (κ1) is 24.2. The fourth-order valence-corrected chi connectivity index (χ4v) is 5.96. The Bertz CT molecular complexity index is 1450. The number of aromatic nitrogens is 3. The van der Waals surface area contributed by atoms with E-state index in [2.05, 4.69) is 20.5 Å². The predicted molar refractivity (Wildman–Crippen MR) is 144 cm³/mol. The summed E-state index contributed by atoms with van der Waals surface area (Å²) in [6.07, 6.45) is 4.97. The van der Waals surface area contributed by atoms with Gasteiger partial charge in [0.1, 0.15) is 5.65 Å². The van der Waals surface area contributed by atoms with Crippen molar-refractivity contribution in [3.05, 3.63) is 82.2 Å². The number of carbonyl (C=O) groups excluding carboxylic acids is 1. The highest BCUT2D eigenvalue weighted by molar-refractivity contribution is 6.33. The van der Waals surface area contributed by atoms with E-state index < -0.39 is 0 Å². The standard InChI is InChI=1S/C28H27Cl2N5O2/c1-37-25-12-11-22(30)27(32-25)28(36)34-15-13-20-9-10-21(34)16-33(20)17-23-26(18-5-7-19(29)8-6-18)31-24-4-2-3-14-35(23)24/h2-8,11-12,14,20-21H,9-10,13,15-17H2,1H3. The molecule has 0 radical (unpaired) electrons. The minimum Gasteiger partial charge on any atom is -0.481 e. The molecule has 7 rings (SSSR count). The quantitative estimate of drug-likeness (QED) is 0.333. The van der Waals surface area contributed by atoms with E-state index in [0.29, 0.717) is 28.5 Å². The monoisotopic (exact) mass is 535 g/mol. The summed E-state index contributed by atoms with van der Waals surface area (Å²) >= 11 is 12.5. The molecule has 6 heterocycles. The van der Waals surface area contributed by atoms with Crippen molar-refractivity contribution in [1.29, 1.82) is 0 Å². The number of benzene rings is 1. The van der Waals surface area contributed by atoms with Crippen LogP contribution in [-0.4, -0.2) is 62.4 Å². The summed E-state index contributed by atoms with van der Waals surface area (Å²) < 4.78 is 7.41. The van der Waals surface area contributed by atoms with Gasteiger partial charge in [0.2, 0.25) is 5.88 Å². The molecule has 3 aromatic heterocycles. The van der Waals surface area contributed by atoms with Crippen molar-refractivity contribution in [3.8, 4) is 17.1 Å². The van der Waals surface area contributed by atoms with Gasteiger partial charge in [-0.15, -0.1) is 0 Å². The average Bonchev–Trinajstić information content (AvgIpc) is 3.04. The first-order chi connectivity index (χ1) is 18.0. The van der Waals surface area contributed by atoms with Crippen LogP contribution in [0.3, 0.4) is 0 Å². The van der Waals surface area contributed by atoms with E-state index in [0.717, 1.165) is 55.0 Å². The molecular weight excluding hydrogens is 509 g/mol. The molecule has 190 valence electrons. The van der Waals surface area contributed by atoms with Gasteiger partial charge in [0.15, 0.2) is 5.69 Å². The number of imidazole rings is 1. The van der Waals surface area contributed by atoms with Gasteiger partial charge >= 0.3 is 0 Å². The molecule has 4 aromatic rings. The second-order valence-corrected chi connectivity index (χ2v) is 10.5. The molecular formula is C28H27Cl2N5O2. The average molecular weight is 536 g/mol. The van der Waals surface area contributed by atoms with E-state index in [-0.39, 0.29) is 17.6 Å². The van der Waals surface area contributed by atoms with Gasteiger partial charge in [-0.25, -0.2) is 9.97 Å². The number of ether oxygens (including phenoxy) is 1. The van der Waals surface area contributed by atoms with Crippen LogP contribution in [0.15, 0.2) is 60.8 Å². The lowest BCUT2D eigenvalue weighted by molar-refractivity contribution is 0.0597. The van der Waals surface area contributed by atoms with E-state index >= 15 is 0 Å². The lowest BCUT2D eigenvalue weighted by Crippen LogP contribution is -2.48. The topological polar surface area (TPSA) is 63.0 Å². The van der Waals surface area contributed by atoms with Crippen LogP contribution in [0.25, 0.3) is 16.9 Å². The molecule has 0 N–H and O–H groups in total. The molecule has 7 nitrogen and oxygen atoms in total. The van der Waals surface area contributed by atoms with Gasteiger partial charge in [-0.2, -0.15) is 0 Å². The Balaban J connectivity index is 1.30. The lowest BCUT2D eigenvalue weighted by Gasteiger charge is -2.38. The summed E-state index contributed by atoms with van der Waals surface area (Å²) in [4.78, 5) is 27.4. The highest BCUT2D eigenvalue weighted by atomic mass is 35.5. The van der Waals surface area contributed by atoms with E-state index in [4.69, 9.17) is 32.9 Å². The zero-order valence-electron chi connectivity index (χ0n) is 20.5. The summed E-state index contributed by atoms with van der Waals surface area (Å²) in [5.74, 6) is 0.254. The largest absolute Gasteiger partial charge is 0.481 e. The summed E-state index contributed by atoms with van der Waals surface area (Å²) in [5.41, 5.74) is 4.31. The molecule has 1 aromatic carbocycles. The molecule has 9 heteroatoms. The first-order valence-electron chi connectivity index (χ1n) is 12.5. The summed E-state index contributed by atoms with van der Waals surface area (Å²) in [6, 6.07) is 17.7. The van der Waals surface area contributed by atoms with Crippen LogP contribution in [-0.2, 0) is 6.54 Å². The second kappa shape index (κ2) is 9.97. The van der Waals surface area contributed by atoms with Crippen LogP contribution >= 0.6 is 23.2 Å². The van der Waals surface area contributed by atoms with Crippen molar-refractivity contribution >= 4 is 34.8 Å². The highest BCUT2D eigenvalue weighted by Crippen LogP contribution is 2.34. The van der Waals surface area contributed by atoms with Crippen molar-refractivity contribution in [2.45, 2.75) is 37.9 Å². The number of amides is 1. The van der Waals surface area contributed by atoms with Crippen LogP contribution in [0.1, 0.15) is 35.4 Å². The van der Waals surface area contributed by atoms with Gasteiger partial charge in [-0.3, -0.25) is 9.69 Å². The third kappa shape index (κ3) is 4.56. The molecule has 3 aliphatic heterocycles. The molecule has 3 saturated heterocycles. The predicted octanol–water partition coefficient (Wildman–Crippen LogP) is 5.59. The molecule has 2 bridgehead atoms. The van der Waals surface area contributed by atoms with Crippen molar-refractivity contribution in [1.82, 2.24) is 24.2 Å². The fourth-order valence-electron chi connectivity index (χ4n) is 5.64. The Labute approximate surface area is 225 Å². The SMILES string of the molecule is COc1ccc(Cl)c(C(=O)N2CCC3CCC2CN3Cc2c(-c3ccc(Cl)cc3)nc3ccccn23)n1. The van der Waals surface area contributed by atoms with Crippen molar-refractivity contribution in [3.63, 3.8) is 0 Å². The van der Waals surface area contributed by atoms with E-state index in [1.165, 1.54) is 7.11 Å². The maximum Gasteiger partial charge on any atom is 0.274 e. The number of hydrogen-bond donors (Lipinski definition) is 0. The Hall–Kier alpha value is -3.13. The minimum absolute atomic E-state index is 0.0912. The number of rotatable bonds is 5. The lowest BCUT2D eigenvalue weighted by atomic mass is 9.98. The van der Waals surface area contributed by atoms with Gasteiger partial charge < -0.3 is 14.0 Å². The second-order valence-electron chi connectivity index (χ2n) is 9.63. The summed E-state index contributed by atoms with van der Waals surface area (Å²) in [7, 11) is 1.54. The van der Waals surface area contributed by atoms with Crippen LogP contribution in [0.5, 0.6) is 5.88 Å². The molecule has 37 heavy (non-hydrogen) atoms. The van der Waals surface area contributed by atoms with E-state index in [9.17, 15) is 4.79 Å². The van der Waals surface area contributed by atoms with Crippen molar-refractivity contribution in [2.75, 3.05) is 20.2 Å². The summed E-state index contributed by atoms with van der Waals surface area (Å²) in [5, 5.41) is 1.05. The van der Waals surface area contributed by atoms with Gasteiger partial charge in [0.05, 0.1) is 23.5 Å². The Morgan fingerprint density at radius 2 is 1.81 bits per heavy atom. The van der Waals surface area contributed by atoms with Crippen LogP contribution in [0.2, 0.25) is 10.0 Å². The number of carbonyl (C=O) groups is 1. The number of piperidine rings is 1. The van der Waals surface area contributed by atoms with Gasteiger partial charge in [0, 0.05) is 54.6 Å². The number of pyridine rings is 2. The first-order valence-corrected chi connectivity index (χ1v) is 13.2.